The van der Waals surface area contributed by atoms with E-state index >= 15 is 0 Å². The number of nitrogens with two attached hydrogens (primary N) is 1. The molecule has 2 aromatic heterocycles. The van der Waals surface area contributed by atoms with Crippen molar-refractivity contribution in [2.45, 2.75) is 50.7 Å². The van der Waals surface area contributed by atoms with Crippen molar-refractivity contribution in [1.29, 1.82) is 0 Å². The maximum atomic E-state index is 13.1. The van der Waals surface area contributed by atoms with Crippen LogP contribution in [0.3, 0.4) is 0 Å². The Balaban J connectivity index is 1.33. The lowest BCUT2D eigenvalue weighted by atomic mass is 10.2. The highest BCUT2D eigenvalue weighted by Crippen LogP contribution is 2.41. The quantitative estimate of drug-likeness (QED) is 0.160. The first-order valence-corrected chi connectivity index (χ1v) is 17.5. The number of fused-ring (bicyclic) bond motifs is 1. The summed E-state index contributed by atoms with van der Waals surface area (Å²) in [6, 6.07) is 29.7. The molecule has 3 aromatic carbocycles. The molecule has 1 aliphatic rings. The molecule has 1 unspecified atom stereocenters. The van der Waals surface area contributed by atoms with Gasteiger partial charge in [-0.2, -0.15) is 0 Å². The lowest BCUT2D eigenvalue weighted by Gasteiger charge is -2.43. The van der Waals surface area contributed by atoms with E-state index in [4.69, 9.17) is 23.9 Å². The fourth-order valence-corrected chi connectivity index (χ4v) is 11.2. The van der Waals surface area contributed by atoms with Gasteiger partial charge in [-0.05, 0) is 27.5 Å². The van der Waals surface area contributed by atoms with Crippen molar-refractivity contribution in [1.82, 2.24) is 19.5 Å². The Bertz CT molecular complexity index is 1680. The second-order valence-electron chi connectivity index (χ2n) is 11.7. The topological polar surface area (TPSA) is 124 Å². The summed E-state index contributed by atoms with van der Waals surface area (Å²) in [5.41, 5.74) is 7.07. The van der Waals surface area contributed by atoms with E-state index in [0.29, 0.717) is 23.3 Å². The van der Waals surface area contributed by atoms with Gasteiger partial charge >= 0.3 is 8.25 Å². The first-order valence-electron chi connectivity index (χ1n) is 14.5. The lowest BCUT2D eigenvalue weighted by molar-refractivity contribution is -0.0359. The van der Waals surface area contributed by atoms with Crippen molar-refractivity contribution in [3.8, 4) is 5.75 Å². The normalized spacial score (nSPS) is 19.2. The predicted molar refractivity (Wildman–Crippen MR) is 171 cm³/mol. The van der Waals surface area contributed by atoms with Crippen molar-refractivity contribution < 1.29 is 22.8 Å². The van der Waals surface area contributed by atoms with E-state index in [1.165, 1.54) is 6.33 Å². The van der Waals surface area contributed by atoms with Crippen LogP contribution < -0.4 is 20.6 Å². The van der Waals surface area contributed by atoms with E-state index in [0.717, 1.165) is 10.4 Å². The maximum absolute atomic E-state index is 13.1. The average molecular weight is 629 g/mol. The summed E-state index contributed by atoms with van der Waals surface area (Å²) in [5.74, 6) is 0.738. The molecule has 44 heavy (non-hydrogen) atoms. The summed E-state index contributed by atoms with van der Waals surface area (Å²) in [4.78, 5) is 12.9. The number of hydrogen-bond donors (Lipinski definition) is 1. The zero-order valence-electron chi connectivity index (χ0n) is 24.8. The molecule has 2 N–H and O–H groups in total. The van der Waals surface area contributed by atoms with Crippen molar-refractivity contribution >= 4 is 43.9 Å². The Kier molecular flexibility index (Phi) is 8.57. The fraction of sp³-hybridized carbons (Fsp3) is 0.281. The summed E-state index contributed by atoms with van der Waals surface area (Å²) in [6.45, 7) is 6.86. The molecule has 12 heteroatoms. The van der Waals surface area contributed by atoms with Gasteiger partial charge in [0.2, 0.25) is 0 Å². The van der Waals surface area contributed by atoms with E-state index in [-0.39, 0.29) is 17.5 Å². The van der Waals surface area contributed by atoms with Gasteiger partial charge in [0.25, 0.3) is 8.32 Å². The van der Waals surface area contributed by atoms with Gasteiger partial charge in [0.15, 0.2) is 17.2 Å². The molecule has 10 nitrogen and oxygen atoms in total. The monoisotopic (exact) mass is 628 g/mol. The largest absolute Gasteiger partial charge is 0.750 e. The highest BCUT2D eigenvalue weighted by Gasteiger charge is 2.52. The molecule has 1 fully saturated rings. The molecule has 5 aromatic rings. The van der Waals surface area contributed by atoms with E-state index in [2.05, 4.69) is 60.0 Å². The lowest BCUT2D eigenvalue weighted by Crippen LogP contribution is -2.67. The standard InChI is InChI=1S/C32H35N5O5PSi/c1-32(2,3)44(24-15-9-5-10-16-24,25-17-11-6-12-18-25)39-20-27-26(42-43(38)41-23-13-7-4-8-14-23)19-28(40-27)37-22-36-29-30(33)34-21-35-31(29)37/h4-18,21-22,26-28H,19-20H2,1-3H3,(H2,33,34,35)/q+1/t26-,27+,28+/m0/s1. The van der Waals surface area contributed by atoms with Crippen molar-refractivity contribution in [3.63, 3.8) is 0 Å². The van der Waals surface area contributed by atoms with Gasteiger partial charge in [-0.3, -0.25) is 4.57 Å². The number of nitrogens with zero attached hydrogens (tertiary/aromatic N) is 4. The van der Waals surface area contributed by atoms with Crippen LogP contribution in [0, 0.1) is 0 Å². The second kappa shape index (κ2) is 12.5. The summed E-state index contributed by atoms with van der Waals surface area (Å²) in [6.07, 6.45) is 1.69. The molecule has 0 amide bonds. The van der Waals surface area contributed by atoms with Crippen LogP contribution in [0.1, 0.15) is 33.4 Å². The SMILES string of the molecule is CC(C)(C)[Si](OC[C@H]1O[C@@H](n2cnc3c(N)ncnc32)C[C@@H]1O[P+](=O)Oc1ccccc1)(c1ccccc1)c1ccccc1. The Hall–Kier alpha value is -3.99. The molecule has 0 bridgehead atoms. The molecular weight excluding hydrogens is 593 g/mol. The molecule has 1 saturated heterocycles. The van der Waals surface area contributed by atoms with Crippen molar-refractivity contribution in [2.24, 2.45) is 0 Å². The second-order valence-corrected chi connectivity index (χ2v) is 16.8. The molecule has 4 atom stereocenters. The molecular formula is C32H35N5O5PSi+. The molecule has 0 saturated carbocycles. The Morgan fingerprint density at radius 1 is 0.932 bits per heavy atom. The van der Waals surface area contributed by atoms with E-state index in [9.17, 15) is 4.57 Å². The molecule has 0 spiro atoms. The Morgan fingerprint density at radius 3 is 2.16 bits per heavy atom. The number of para-hydroxylation sites is 1. The van der Waals surface area contributed by atoms with Gasteiger partial charge in [0, 0.05) is 11.0 Å². The fourth-order valence-electron chi connectivity index (χ4n) is 5.88. The van der Waals surface area contributed by atoms with Crippen LogP contribution in [0.5, 0.6) is 5.75 Å². The van der Waals surface area contributed by atoms with Crippen LogP contribution >= 0.6 is 8.25 Å². The van der Waals surface area contributed by atoms with Gasteiger partial charge in [-0.25, -0.2) is 19.5 Å². The summed E-state index contributed by atoms with van der Waals surface area (Å²) >= 11 is 0. The third-order valence-corrected chi connectivity index (χ3v) is 13.7. The minimum absolute atomic E-state index is 0.201. The van der Waals surface area contributed by atoms with Gasteiger partial charge in [-0.15, -0.1) is 4.52 Å². The minimum Gasteiger partial charge on any atom is -0.405 e. The first kappa shape index (κ1) is 30.1. The summed E-state index contributed by atoms with van der Waals surface area (Å²) in [5, 5.41) is 2.06. The maximum Gasteiger partial charge on any atom is 0.750 e. The molecule has 0 aliphatic carbocycles. The van der Waals surface area contributed by atoms with Gasteiger partial charge in [0.05, 0.1) is 12.9 Å². The Morgan fingerprint density at radius 2 is 1.55 bits per heavy atom. The van der Waals surface area contributed by atoms with Crippen LogP contribution in [0.2, 0.25) is 5.04 Å². The van der Waals surface area contributed by atoms with Crippen LogP contribution in [0.15, 0.2) is 104 Å². The van der Waals surface area contributed by atoms with E-state index in [1.807, 2.05) is 54.6 Å². The zero-order chi connectivity index (χ0) is 30.7. The first-order chi connectivity index (χ1) is 21.3. The van der Waals surface area contributed by atoms with E-state index in [1.54, 1.807) is 23.0 Å². The van der Waals surface area contributed by atoms with Crippen molar-refractivity contribution in [3.05, 3.63) is 104 Å². The highest BCUT2D eigenvalue weighted by molar-refractivity contribution is 7.33. The van der Waals surface area contributed by atoms with Gasteiger partial charge in [0.1, 0.15) is 30.3 Å². The number of anilines is 1. The summed E-state index contributed by atoms with van der Waals surface area (Å²) < 4.78 is 40.4. The minimum atomic E-state index is -2.88. The molecule has 3 heterocycles. The highest BCUT2D eigenvalue weighted by atomic mass is 31.1. The van der Waals surface area contributed by atoms with Crippen LogP contribution in [0.25, 0.3) is 11.2 Å². The van der Waals surface area contributed by atoms with Crippen LogP contribution in [0.4, 0.5) is 5.82 Å². The third kappa shape index (κ3) is 5.89. The number of rotatable bonds is 10. The van der Waals surface area contributed by atoms with Crippen molar-refractivity contribution in [2.75, 3.05) is 12.3 Å². The molecule has 6 rings (SSSR count). The van der Waals surface area contributed by atoms with Gasteiger partial charge in [-0.1, -0.05) is 99.6 Å². The number of ether oxygens (including phenoxy) is 1. The summed E-state index contributed by atoms with van der Waals surface area (Å²) in [7, 11) is -5.39. The number of aromatic nitrogens is 4. The molecule has 226 valence electrons. The average Bonchev–Trinajstić information content (AvgIpc) is 3.63. The predicted octanol–water partition coefficient (Wildman–Crippen LogP) is 5.39. The third-order valence-electron chi connectivity index (χ3n) is 7.90. The van der Waals surface area contributed by atoms with E-state index < -0.39 is 35.0 Å². The Labute approximate surface area is 258 Å². The number of benzene rings is 3. The molecule has 1 aliphatic heterocycles. The number of hydrogen-bond acceptors (Lipinski definition) is 9. The molecule has 0 radical (unpaired) electrons. The van der Waals surface area contributed by atoms with Crippen LogP contribution in [-0.2, 0) is 18.3 Å². The number of imidazole rings is 1. The zero-order valence-corrected chi connectivity index (χ0v) is 26.7. The van der Waals surface area contributed by atoms with Gasteiger partial charge < -0.3 is 14.9 Å². The smallest absolute Gasteiger partial charge is 0.405 e. The van der Waals surface area contributed by atoms with Crippen LogP contribution in [-0.4, -0.2) is 46.7 Å². The number of nitrogen functional groups attached to an aromatic ring is 1.